The first kappa shape index (κ1) is 10.2. The summed E-state index contributed by atoms with van der Waals surface area (Å²) < 4.78 is 39.3. The van der Waals surface area contributed by atoms with Crippen molar-refractivity contribution in [3.8, 4) is 0 Å². The highest BCUT2D eigenvalue weighted by Crippen LogP contribution is 2.32. The van der Waals surface area contributed by atoms with Gasteiger partial charge in [0.2, 0.25) is 0 Å². The van der Waals surface area contributed by atoms with E-state index in [0.29, 0.717) is 25.5 Å². The molecular formula is C9H10F3N3. The van der Waals surface area contributed by atoms with Crippen LogP contribution in [0.2, 0.25) is 0 Å². The van der Waals surface area contributed by atoms with Crippen molar-refractivity contribution in [2.75, 3.05) is 6.54 Å². The number of nitrogens with zero attached hydrogens (tertiary/aromatic N) is 2. The minimum absolute atomic E-state index is 0.0685. The van der Waals surface area contributed by atoms with Gasteiger partial charge in [0.1, 0.15) is 5.82 Å². The molecule has 15 heavy (non-hydrogen) atoms. The molecule has 0 unspecified atom stereocenters. The normalized spacial score (nSPS) is 16.2. The molecule has 0 fully saturated rings. The Kier molecular flexibility index (Phi) is 2.30. The van der Waals surface area contributed by atoms with Crippen LogP contribution in [-0.4, -0.2) is 16.1 Å². The standard InChI is InChI=1S/C9H10F3N3/c1-2-6-8(9(10,11)12)14-7-5-13-3-4-15(6)7/h2,13H,1,3-5H2. The monoisotopic (exact) mass is 217 g/mol. The molecule has 82 valence electrons. The van der Waals surface area contributed by atoms with Gasteiger partial charge >= 0.3 is 6.18 Å². The fourth-order valence-electron chi connectivity index (χ4n) is 1.70. The van der Waals surface area contributed by atoms with Gasteiger partial charge in [0.15, 0.2) is 5.69 Å². The summed E-state index contributed by atoms with van der Waals surface area (Å²) in [6.45, 7) is 4.93. The summed E-state index contributed by atoms with van der Waals surface area (Å²) in [4.78, 5) is 3.60. The van der Waals surface area contributed by atoms with Gasteiger partial charge in [0.05, 0.1) is 12.2 Å². The molecule has 1 aromatic heterocycles. The lowest BCUT2D eigenvalue weighted by Crippen LogP contribution is -2.28. The summed E-state index contributed by atoms with van der Waals surface area (Å²) in [6.07, 6.45) is -3.20. The maximum absolute atomic E-state index is 12.6. The van der Waals surface area contributed by atoms with Crippen LogP contribution in [-0.2, 0) is 19.3 Å². The molecule has 0 bridgehead atoms. The van der Waals surface area contributed by atoms with Gasteiger partial charge in [-0.05, 0) is 6.08 Å². The van der Waals surface area contributed by atoms with Crippen LogP contribution in [0.15, 0.2) is 6.58 Å². The van der Waals surface area contributed by atoms with E-state index in [1.807, 2.05) is 0 Å². The molecule has 1 aliphatic heterocycles. The third-order valence-corrected chi connectivity index (χ3v) is 2.34. The van der Waals surface area contributed by atoms with Gasteiger partial charge in [0, 0.05) is 13.1 Å². The Morgan fingerprint density at radius 2 is 2.20 bits per heavy atom. The van der Waals surface area contributed by atoms with Crippen LogP contribution in [0, 0.1) is 0 Å². The van der Waals surface area contributed by atoms with E-state index in [2.05, 4.69) is 16.9 Å². The minimum Gasteiger partial charge on any atom is -0.326 e. The van der Waals surface area contributed by atoms with E-state index in [9.17, 15) is 13.2 Å². The Bertz CT molecular complexity index is 392. The van der Waals surface area contributed by atoms with Crippen molar-refractivity contribution in [3.63, 3.8) is 0 Å². The summed E-state index contributed by atoms with van der Waals surface area (Å²) in [5.41, 5.74) is -0.768. The lowest BCUT2D eigenvalue weighted by atomic mass is 10.3. The maximum Gasteiger partial charge on any atom is 0.435 e. The first-order chi connectivity index (χ1) is 7.04. The molecule has 3 nitrogen and oxygen atoms in total. The van der Waals surface area contributed by atoms with Crippen molar-refractivity contribution in [1.82, 2.24) is 14.9 Å². The van der Waals surface area contributed by atoms with Crippen LogP contribution in [0.4, 0.5) is 13.2 Å². The molecule has 0 saturated carbocycles. The lowest BCUT2D eigenvalue weighted by Gasteiger charge is -2.16. The van der Waals surface area contributed by atoms with E-state index in [1.165, 1.54) is 6.08 Å². The van der Waals surface area contributed by atoms with Crippen molar-refractivity contribution >= 4 is 6.08 Å². The van der Waals surface area contributed by atoms with Crippen LogP contribution >= 0.6 is 0 Å². The van der Waals surface area contributed by atoms with Gasteiger partial charge in [-0.1, -0.05) is 6.58 Å². The second-order valence-corrected chi connectivity index (χ2v) is 3.29. The highest BCUT2D eigenvalue weighted by Gasteiger charge is 2.38. The zero-order valence-corrected chi connectivity index (χ0v) is 7.93. The number of hydrogen-bond donors (Lipinski definition) is 1. The average molecular weight is 217 g/mol. The van der Waals surface area contributed by atoms with Gasteiger partial charge in [-0.2, -0.15) is 13.2 Å². The predicted octanol–water partition coefficient (Wildman–Crippen LogP) is 1.65. The Hall–Kier alpha value is -1.30. The van der Waals surface area contributed by atoms with E-state index >= 15 is 0 Å². The van der Waals surface area contributed by atoms with Gasteiger partial charge in [-0.25, -0.2) is 4.98 Å². The molecular weight excluding hydrogens is 207 g/mol. The number of imidazole rings is 1. The summed E-state index contributed by atoms with van der Waals surface area (Å²) in [5, 5.41) is 2.97. The van der Waals surface area contributed by atoms with Gasteiger partial charge in [-0.3, -0.25) is 0 Å². The molecule has 0 aromatic carbocycles. The first-order valence-electron chi connectivity index (χ1n) is 4.54. The van der Waals surface area contributed by atoms with Crippen molar-refractivity contribution in [3.05, 3.63) is 23.8 Å². The summed E-state index contributed by atoms with van der Waals surface area (Å²) >= 11 is 0. The number of halogens is 3. The molecule has 6 heteroatoms. The third-order valence-electron chi connectivity index (χ3n) is 2.34. The molecule has 0 aliphatic carbocycles. The van der Waals surface area contributed by atoms with Crippen molar-refractivity contribution in [1.29, 1.82) is 0 Å². The largest absolute Gasteiger partial charge is 0.435 e. The Morgan fingerprint density at radius 3 is 2.80 bits per heavy atom. The van der Waals surface area contributed by atoms with Crippen LogP contribution in [0.25, 0.3) is 6.08 Å². The lowest BCUT2D eigenvalue weighted by molar-refractivity contribution is -0.141. The second kappa shape index (κ2) is 3.37. The Labute approximate surface area is 84.6 Å². The molecule has 0 amide bonds. The van der Waals surface area contributed by atoms with Crippen LogP contribution < -0.4 is 5.32 Å². The smallest absolute Gasteiger partial charge is 0.326 e. The molecule has 2 rings (SSSR count). The van der Waals surface area contributed by atoms with E-state index < -0.39 is 11.9 Å². The fourth-order valence-corrected chi connectivity index (χ4v) is 1.70. The van der Waals surface area contributed by atoms with Gasteiger partial charge in [0.25, 0.3) is 0 Å². The van der Waals surface area contributed by atoms with E-state index in [4.69, 9.17) is 0 Å². The average Bonchev–Trinajstić information content (AvgIpc) is 2.55. The molecule has 1 N–H and O–H groups in total. The van der Waals surface area contributed by atoms with Crippen molar-refractivity contribution in [2.24, 2.45) is 0 Å². The molecule has 1 aliphatic rings. The van der Waals surface area contributed by atoms with E-state index in [-0.39, 0.29) is 5.69 Å². The quantitative estimate of drug-likeness (QED) is 0.775. The summed E-state index contributed by atoms with van der Waals surface area (Å²) in [5.74, 6) is 0.420. The summed E-state index contributed by atoms with van der Waals surface area (Å²) in [7, 11) is 0. The number of rotatable bonds is 1. The van der Waals surface area contributed by atoms with Crippen LogP contribution in [0.1, 0.15) is 17.2 Å². The van der Waals surface area contributed by atoms with Crippen LogP contribution in [0.3, 0.4) is 0 Å². The highest BCUT2D eigenvalue weighted by molar-refractivity contribution is 5.48. The number of fused-ring (bicyclic) bond motifs is 1. The molecule has 0 atom stereocenters. The minimum atomic E-state index is -4.41. The Morgan fingerprint density at radius 1 is 1.47 bits per heavy atom. The van der Waals surface area contributed by atoms with E-state index in [1.54, 1.807) is 4.57 Å². The van der Waals surface area contributed by atoms with Gasteiger partial charge < -0.3 is 9.88 Å². The summed E-state index contributed by atoms with van der Waals surface area (Å²) in [6, 6.07) is 0. The zero-order chi connectivity index (χ0) is 11.1. The number of hydrogen-bond acceptors (Lipinski definition) is 2. The Balaban J connectivity index is 2.56. The third kappa shape index (κ3) is 1.65. The molecule has 1 aromatic rings. The van der Waals surface area contributed by atoms with Crippen molar-refractivity contribution < 1.29 is 13.2 Å². The number of aromatic nitrogens is 2. The van der Waals surface area contributed by atoms with E-state index in [0.717, 1.165) is 0 Å². The predicted molar refractivity (Wildman–Crippen MR) is 49.0 cm³/mol. The zero-order valence-electron chi connectivity index (χ0n) is 7.93. The maximum atomic E-state index is 12.6. The highest BCUT2D eigenvalue weighted by atomic mass is 19.4. The second-order valence-electron chi connectivity index (χ2n) is 3.29. The van der Waals surface area contributed by atoms with Gasteiger partial charge in [-0.15, -0.1) is 0 Å². The molecule has 0 spiro atoms. The number of nitrogens with one attached hydrogen (secondary N) is 1. The fraction of sp³-hybridized carbons (Fsp3) is 0.444. The molecule has 2 heterocycles. The molecule has 0 radical (unpaired) electrons. The van der Waals surface area contributed by atoms with Crippen molar-refractivity contribution in [2.45, 2.75) is 19.3 Å². The number of alkyl halides is 3. The molecule has 0 saturated heterocycles. The SMILES string of the molecule is C=Cc1c(C(F)(F)F)nc2n1CCNC2. The van der Waals surface area contributed by atoms with Crippen LogP contribution in [0.5, 0.6) is 0 Å². The topological polar surface area (TPSA) is 29.9 Å². The first-order valence-corrected chi connectivity index (χ1v) is 4.54.